The predicted octanol–water partition coefficient (Wildman–Crippen LogP) is 8.06. The molecule has 8 aromatic rings. The molecule has 0 aliphatic heterocycles. The van der Waals surface area contributed by atoms with Gasteiger partial charge in [0, 0.05) is 23.5 Å². The summed E-state index contributed by atoms with van der Waals surface area (Å²) in [7, 11) is 1.68. The van der Waals surface area contributed by atoms with Crippen molar-refractivity contribution in [3.8, 4) is 33.7 Å². The van der Waals surface area contributed by atoms with E-state index in [2.05, 4.69) is 83.8 Å². The summed E-state index contributed by atoms with van der Waals surface area (Å²) in [6.45, 7) is 0. The minimum Gasteiger partial charge on any atom is -0.497 e. The summed E-state index contributed by atoms with van der Waals surface area (Å²) >= 11 is 0. The molecule has 0 aliphatic carbocycles. The van der Waals surface area contributed by atoms with Gasteiger partial charge in [0.25, 0.3) is 0 Å². The van der Waals surface area contributed by atoms with Crippen LogP contribution in [-0.2, 0) is 0 Å². The van der Waals surface area contributed by atoms with Crippen LogP contribution in [0, 0.1) is 0 Å². The van der Waals surface area contributed by atoms with Crippen molar-refractivity contribution < 1.29 is 4.74 Å². The molecule has 0 amide bonds. The van der Waals surface area contributed by atoms with E-state index in [4.69, 9.17) is 14.9 Å². The number of pyridine rings is 1. The average molecular weight is 503 g/mol. The number of hydrogen-bond acceptors (Lipinski definition) is 4. The molecule has 0 bridgehead atoms. The van der Waals surface area contributed by atoms with Gasteiger partial charge in [0.1, 0.15) is 16.8 Å². The first-order chi connectivity index (χ1) is 19.3. The standard InChI is InChI=1S/C34H22N4O/c1-39-26-11-7-21(8-12-26)27-15-16-30(34-33(27)36-38(37-34)25-17-19-35-20-18-25)28-13-9-24-6-5-22-3-2-4-23-10-14-29(28)32(24)31(22)23/h2-20H,1H3. The normalized spacial score (nSPS) is 11.7. The van der Waals surface area contributed by atoms with E-state index in [9.17, 15) is 0 Å². The van der Waals surface area contributed by atoms with Gasteiger partial charge in [-0.15, -0.1) is 10.2 Å². The van der Waals surface area contributed by atoms with E-state index >= 15 is 0 Å². The molecule has 0 radical (unpaired) electrons. The summed E-state index contributed by atoms with van der Waals surface area (Å²) in [5.74, 6) is 0.820. The number of benzene rings is 6. The molecule has 0 N–H and O–H groups in total. The molecule has 0 saturated heterocycles. The first kappa shape index (κ1) is 21.8. The molecular formula is C34H22N4O. The summed E-state index contributed by atoms with van der Waals surface area (Å²) in [5.41, 5.74) is 6.85. The Kier molecular flexibility index (Phi) is 4.67. The fourth-order valence-electron chi connectivity index (χ4n) is 5.78. The molecule has 5 heteroatoms. The van der Waals surface area contributed by atoms with Crippen molar-refractivity contribution in [2.45, 2.75) is 0 Å². The number of aromatic nitrogens is 4. The number of ether oxygens (including phenoxy) is 1. The highest BCUT2D eigenvalue weighted by Gasteiger charge is 2.19. The number of fused-ring (bicyclic) bond motifs is 1. The second-order valence-corrected chi connectivity index (χ2v) is 9.75. The topological polar surface area (TPSA) is 52.8 Å². The number of hydrogen-bond donors (Lipinski definition) is 0. The first-order valence-corrected chi connectivity index (χ1v) is 12.9. The third kappa shape index (κ3) is 3.30. The Morgan fingerprint density at radius 1 is 0.564 bits per heavy atom. The van der Waals surface area contributed by atoms with Crippen molar-refractivity contribution in [3.63, 3.8) is 0 Å². The molecule has 0 fully saturated rings. The third-order valence-electron chi connectivity index (χ3n) is 7.65. The van der Waals surface area contributed by atoms with Crippen LogP contribution in [0.1, 0.15) is 0 Å². The van der Waals surface area contributed by atoms with Crippen LogP contribution in [-0.4, -0.2) is 27.1 Å². The largest absolute Gasteiger partial charge is 0.497 e. The lowest BCUT2D eigenvalue weighted by atomic mass is 9.89. The lowest BCUT2D eigenvalue weighted by molar-refractivity contribution is 0.415. The fourth-order valence-corrected chi connectivity index (χ4v) is 5.78. The first-order valence-electron chi connectivity index (χ1n) is 12.9. The summed E-state index contributed by atoms with van der Waals surface area (Å²) in [6.07, 6.45) is 3.52. The molecule has 5 nitrogen and oxygen atoms in total. The van der Waals surface area contributed by atoms with Gasteiger partial charge in [0.2, 0.25) is 0 Å². The Hall–Kier alpha value is -5.29. The summed E-state index contributed by atoms with van der Waals surface area (Å²) < 4.78 is 5.38. The third-order valence-corrected chi connectivity index (χ3v) is 7.65. The average Bonchev–Trinajstić information content (AvgIpc) is 3.46. The maximum atomic E-state index is 5.38. The molecule has 184 valence electrons. The number of rotatable bonds is 4. The smallest absolute Gasteiger partial charge is 0.122 e. The zero-order valence-electron chi connectivity index (χ0n) is 21.2. The van der Waals surface area contributed by atoms with Crippen molar-refractivity contribution in [1.82, 2.24) is 20.0 Å². The highest BCUT2D eigenvalue weighted by molar-refractivity contribution is 6.26. The maximum Gasteiger partial charge on any atom is 0.122 e. The van der Waals surface area contributed by atoms with E-state index in [1.165, 1.54) is 32.3 Å². The van der Waals surface area contributed by atoms with Gasteiger partial charge in [-0.25, -0.2) is 0 Å². The van der Waals surface area contributed by atoms with Gasteiger partial charge in [-0.2, -0.15) is 4.80 Å². The van der Waals surface area contributed by atoms with Gasteiger partial charge >= 0.3 is 0 Å². The summed E-state index contributed by atoms with van der Waals surface area (Å²) in [4.78, 5) is 5.87. The molecule has 8 rings (SSSR count). The van der Waals surface area contributed by atoms with E-state index in [0.29, 0.717) is 0 Å². The lowest BCUT2D eigenvalue weighted by Gasteiger charge is -2.15. The molecule has 6 aromatic carbocycles. The second-order valence-electron chi connectivity index (χ2n) is 9.75. The summed E-state index contributed by atoms with van der Waals surface area (Å²) in [5, 5.41) is 17.6. The molecule has 0 spiro atoms. The lowest BCUT2D eigenvalue weighted by Crippen LogP contribution is -1.98. The van der Waals surface area contributed by atoms with Crippen LogP contribution < -0.4 is 4.74 Å². The molecule has 2 aromatic heterocycles. The van der Waals surface area contributed by atoms with E-state index in [-0.39, 0.29) is 0 Å². The molecule has 2 heterocycles. The van der Waals surface area contributed by atoms with Crippen LogP contribution in [0.5, 0.6) is 5.75 Å². The predicted molar refractivity (Wildman–Crippen MR) is 158 cm³/mol. The highest BCUT2D eigenvalue weighted by Crippen LogP contribution is 2.42. The van der Waals surface area contributed by atoms with Crippen LogP contribution in [0.2, 0.25) is 0 Å². The Morgan fingerprint density at radius 3 is 1.92 bits per heavy atom. The van der Waals surface area contributed by atoms with Crippen molar-refractivity contribution in [3.05, 3.63) is 116 Å². The Balaban J connectivity index is 1.43. The van der Waals surface area contributed by atoms with Crippen molar-refractivity contribution in [2.75, 3.05) is 7.11 Å². The Labute approximate surface area is 224 Å². The van der Waals surface area contributed by atoms with Gasteiger partial charge in [0.15, 0.2) is 0 Å². The van der Waals surface area contributed by atoms with Crippen molar-refractivity contribution >= 4 is 43.4 Å². The molecular weight excluding hydrogens is 480 g/mol. The van der Waals surface area contributed by atoms with Crippen LogP contribution in [0.4, 0.5) is 0 Å². The maximum absolute atomic E-state index is 5.38. The minimum atomic E-state index is 0.820. The van der Waals surface area contributed by atoms with Crippen LogP contribution in [0.15, 0.2) is 116 Å². The van der Waals surface area contributed by atoms with Crippen molar-refractivity contribution in [2.24, 2.45) is 0 Å². The van der Waals surface area contributed by atoms with E-state index in [1.54, 1.807) is 24.3 Å². The SMILES string of the molecule is COc1ccc(-c2ccc(-c3ccc4ccc5cccc6ccc3c4c56)c3nn(-c4ccncc4)nc23)cc1. The van der Waals surface area contributed by atoms with Gasteiger partial charge in [0.05, 0.1) is 12.8 Å². The van der Waals surface area contributed by atoms with E-state index in [1.807, 2.05) is 24.3 Å². The van der Waals surface area contributed by atoms with Gasteiger partial charge in [-0.3, -0.25) is 4.98 Å². The molecule has 39 heavy (non-hydrogen) atoms. The second kappa shape index (κ2) is 8.36. The van der Waals surface area contributed by atoms with E-state index in [0.717, 1.165) is 44.7 Å². The zero-order valence-corrected chi connectivity index (χ0v) is 21.2. The zero-order chi connectivity index (χ0) is 25.9. The molecule has 0 unspecified atom stereocenters. The van der Waals surface area contributed by atoms with Gasteiger partial charge in [-0.05, 0) is 67.7 Å². The van der Waals surface area contributed by atoms with Crippen LogP contribution in [0.3, 0.4) is 0 Å². The number of methoxy groups -OCH3 is 1. The summed E-state index contributed by atoms with van der Waals surface area (Å²) in [6, 6.07) is 36.1. The highest BCUT2D eigenvalue weighted by atomic mass is 16.5. The molecule has 0 aliphatic rings. The molecule has 0 saturated carbocycles. The Bertz CT molecular complexity index is 2130. The van der Waals surface area contributed by atoms with Crippen LogP contribution in [0.25, 0.3) is 71.3 Å². The van der Waals surface area contributed by atoms with Gasteiger partial charge < -0.3 is 4.74 Å². The van der Waals surface area contributed by atoms with Gasteiger partial charge in [-0.1, -0.05) is 78.9 Å². The minimum absolute atomic E-state index is 0.820. The van der Waals surface area contributed by atoms with Crippen molar-refractivity contribution in [1.29, 1.82) is 0 Å². The quantitative estimate of drug-likeness (QED) is 0.228. The monoisotopic (exact) mass is 502 g/mol. The van der Waals surface area contributed by atoms with Crippen LogP contribution >= 0.6 is 0 Å². The number of nitrogens with zero attached hydrogens (tertiary/aromatic N) is 4. The Morgan fingerprint density at radius 2 is 1.18 bits per heavy atom. The van der Waals surface area contributed by atoms with E-state index < -0.39 is 0 Å². The fraction of sp³-hybridized carbons (Fsp3) is 0.0294. The molecule has 0 atom stereocenters.